The molecule has 0 aliphatic heterocycles. The summed E-state index contributed by atoms with van der Waals surface area (Å²) in [4.78, 5) is 25.3. The molecule has 0 bridgehead atoms. The highest BCUT2D eigenvalue weighted by Gasteiger charge is 2.41. The van der Waals surface area contributed by atoms with Gasteiger partial charge >= 0.3 is 0 Å². The van der Waals surface area contributed by atoms with Crippen LogP contribution in [-0.4, -0.2) is 34.9 Å². The van der Waals surface area contributed by atoms with Crippen LogP contribution < -0.4 is 10.5 Å². The number of benzene rings is 2. The first-order chi connectivity index (χ1) is 12.4. The number of hydrogen-bond acceptors (Lipinski definition) is 5. The highest BCUT2D eigenvalue weighted by atomic mass is 16.5. The molecule has 0 amide bonds. The van der Waals surface area contributed by atoms with Gasteiger partial charge < -0.3 is 15.6 Å². The van der Waals surface area contributed by atoms with Crippen molar-refractivity contribution in [2.75, 3.05) is 6.61 Å². The van der Waals surface area contributed by atoms with Crippen molar-refractivity contribution >= 4 is 11.6 Å². The fraction of sp³-hybridized carbons (Fsp3) is 0.238. The Morgan fingerprint density at radius 1 is 1.04 bits per heavy atom. The number of para-hydroxylation sites is 1. The van der Waals surface area contributed by atoms with Gasteiger partial charge in [-0.05, 0) is 25.1 Å². The van der Waals surface area contributed by atoms with Crippen molar-refractivity contribution in [3.8, 4) is 5.75 Å². The molecule has 1 aliphatic carbocycles. The summed E-state index contributed by atoms with van der Waals surface area (Å²) < 4.78 is 5.66. The van der Waals surface area contributed by atoms with Crippen LogP contribution in [0.1, 0.15) is 34.1 Å². The van der Waals surface area contributed by atoms with Crippen LogP contribution in [0, 0.1) is 0 Å². The summed E-state index contributed by atoms with van der Waals surface area (Å²) in [5, 5.41) is 10.3. The zero-order valence-corrected chi connectivity index (χ0v) is 14.5. The summed E-state index contributed by atoms with van der Waals surface area (Å²) in [6.07, 6.45) is 0.405. The molecule has 0 radical (unpaired) electrons. The van der Waals surface area contributed by atoms with Crippen LogP contribution in [0.15, 0.2) is 66.2 Å². The molecule has 2 unspecified atom stereocenters. The zero-order chi connectivity index (χ0) is 18.7. The van der Waals surface area contributed by atoms with E-state index in [2.05, 4.69) is 0 Å². The average Bonchev–Trinajstić information content (AvgIpc) is 2.65. The second-order valence-electron chi connectivity index (χ2n) is 6.42. The first kappa shape index (κ1) is 18.0. The quantitative estimate of drug-likeness (QED) is 0.835. The molecule has 3 rings (SSSR count). The number of carbonyl (C=O) groups is 2. The topological polar surface area (TPSA) is 89.6 Å². The number of Topliss-reactive ketones (excluding diaryl/α,β-unsaturated/α-hetero) is 1. The number of ether oxygens (including phenoxy) is 1. The molecule has 1 aliphatic rings. The minimum atomic E-state index is -1.38. The number of carbonyl (C=O) groups excluding carboxylic acids is 2. The molecule has 0 heterocycles. The number of fused-ring (bicyclic) bond motifs is 1. The molecule has 0 fully saturated rings. The maximum atomic E-state index is 12.9. The second kappa shape index (κ2) is 7.23. The van der Waals surface area contributed by atoms with Crippen LogP contribution >= 0.6 is 0 Å². The predicted octanol–water partition coefficient (Wildman–Crippen LogP) is 2.54. The molecular formula is C21H21NO4. The summed E-state index contributed by atoms with van der Waals surface area (Å²) in [5.41, 5.74) is 5.83. The van der Waals surface area contributed by atoms with E-state index in [1.165, 1.54) is 13.0 Å². The van der Waals surface area contributed by atoms with Crippen LogP contribution in [0.2, 0.25) is 0 Å². The molecule has 0 saturated heterocycles. The van der Waals surface area contributed by atoms with Gasteiger partial charge in [0.05, 0.1) is 18.2 Å². The maximum Gasteiger partial charge on any atom is 0.191 e. The van der Waals surface area contributed by atoms with Gasteiger partial charge in [-0.25, -0.2) is 0 Å². The predicted molar refractivity (Wildman–Crippen MR) is 98.3 cm³/mol. The molecule has 0 saturated carbocycles. The Morgan fingerprint density at radius 3 is 2.31 bits per heavy atom. The van der Waals surface area contributed by atoms with Gasteiger partial charge in [0.1, 0.15) is 5.75 Å². The Labute approximate surface area is 152 Å². The number of aliphatic hydroxyl groups excluding tert-OH is 1. The summed E-state index contributed by atoms with van der Waals surface area (Å²) in [6, 6.07) is 15.8. The van der Waals surface area contributed by atoms with Gasteiger partial charge in [0, 0.05) is 23.1 Å². The molecule has 3 N–H and O–H groups in total. The van der Waals surface area contributed by atoms with Crippen molar-refractivity contribution in [3.05, 3.63) is 77.4 Å². The van der Waals surface area contributed by atoms with Gasteiger partial charge in [-0.15, -0.1) is 0 Å². The molecule has 2 aromatic carbocycles. The van der Waals surface area contributed by atoms with E-state index >= 15 is 0 Å². The highest BCUT2D eigenvalue weighted by Crippen LogP contribution is 2.31. The fourth-order valence-corrected chi connectivity index (χ4v) is 3.08. The smallest absolute Gasteiger partial charge is 0.191 e. The lowest BCUT2D eigenvalue weighted by atomic mass is 9.75. The molecule has 5 heteroatoms. The number of hydrogen-bond donors (Lipinski definition) is 2. The summed E-state index contributed by atoms with van der Waals surface area (Å²) >= 11 is 0. The number of aliphatic hydroxyl groups is 1. The molecule has 2 atom stereocenters. The molecule has 0 aromatic heterocycles. The van der Waals surface area contributed by atoms with Gasteiger partial charge in [-0.1, -0.05) is 42.5 Å². The third-order valence-corrected chi connectivity index (χ3v) is 4.73. The largest absolute Gasteiger partial charge is 0.494 e. The third kappa shape index (κ3) is 3.31. The monoisotopic (exact) mass is 351 g/mol. The number of rotatable bonds is 6. The summed E-state index contributed by atoms with van der Waals surface area (Å²) in [6.45, 7) is 1.72. The Bertz CT molecular complexity index is 857. The first-order valence-electron chi connectivity index (χ1n) is 8.48. The lowest BCUT2D eigenvalue weighted by Crippen LogP contribution is -2.54. The van der Waals surface area contributed by atoms with E-state index in [0.29, 0.717) is 16.9 Å². The Balaban J connectivity index is 1.85. The Hall–Kier alpha value is -2.76. The molecular weight excluding hydrogens is 330 g/mol. The van der Waals surface area contributed by atoms with Crippen molar-refractivity contribution in [2.45, 2.75) is 25.0 Å². The molecule has 5 nitrogen and oxygen atoms in total. The molecule has 134 valence electrons. The molecule has 0 spiro atoms. The first-order valence-corrected chi connectivity index (χ1v) is 8.48. The summed E-state index contributed by atoms with van der Waals surface area (Å²) in [7, 11) is 0. The standard InChI is InChI=1S/C21H21NO4/c1-14(23)21(22,11-12-26-15-7-3-2-4-8-15)18-13-19(24)16-9-5-6-10-17(16)20(18)25/h2-10,13-14,23H,11-12,22H2,1H3. The van der Waals surface area contributed by atoms with Crippen LogP contribution in [0.25, 0.3) is 0 Å². The number of allylic oxidation sites excluding steroid dienone is 1. The van der Waals surface area contributed by atoms with Crippen LogP contribution in [0.4, 0.5) is 0 Å². The van der Waals surface area contributed by atoms with Crippen LogP contribution in [0.5, 0.6) is 5.75 Å². The van der Waals surface area contributed by atoms with Crippen molar-refractivity contribution < 1.29 is 19.4 Å². The van der Waals surface area contributed by atoms with Crippen molar-refractivity contribution in [2.24, 2.45) is 5.73 Å². The zero-order valence-electron chi connectivity index (χ0n) is 14.5. The number of ketones is 2. The van der Waals surface area contributed by atoms with Gasteiger partial charge in [-0.2, -0.15) is 0 Å². The van der Waals surface area contributed by atoms with E-state index in [9.17, 15) is 14.7 Å². The van der Waals surface area contributed by atoms with Gasteiger partial charge in [0.2, 0.25) is 0 Å². The fourth-order valence-electron chi connectivity index (χ4n) is 3.08. The van der Waals surface area contributed by atoms with E-state index in [-0.39, 0.29) is 30.2 Å². The lowest BCUT2D eigenvalue weighted by Gasteiger charge is -2.35. The van der Waals surface area contributed by atoms with E-state index in [4.69, 9.17) is 10.5 Å². The minimum Gasteiger partial charge on any atom is -0.494 e. The normalized spacial score (nSPS) is 17.1. The third-order valence-electron chi connectivity index (χ3n) is 4.73. The number of nitrogens with two attached hydrogens (primary N) is 1. The van der Waals surface area contributed by atoms with Crippen molar-refractivity contribution in [3.63, 3.8) is 0 Å². The van der Waals surface area contributed by atoms with Gasteiger partial charge in [0.15, 0.2) is 11.6 Å². The summed E-state index contributed by atoms with van der Waals surface area (Å²) in [5.74, 6) is 0.0591. The molecule has 2 aromatic rings. The van der Waals surface area contributed by atoms with E-state index in [1.54, 1.807) is 24.3 Å². The van der Waals surface area contributed by atoms with Crippen LogP contribution in [-0.2, 0) is 0 Å². The van der Waals surface area contributed by atoms with Gasteiger partial charge in [-0.3, -0.25) is 9.59 Å². The van der Waals surface area contributed by atoms with E-state index < -0.39 is 11.6 Å². The van der Waals surface area contributed by atoms with Crippen molar-refractivity contribution in [1.29, 1.82) is 0 Å². The minimum absolute atomic E-state index is 0.118. The SMILES string of the molecule is CC(O)C(N)(CCOc1ccccc1)C1=CC(=O)c2ccccc2C1=O. The maximum absolute atomic E-state index is 12.9. The Kier molecular flexibility index (Phi) is 5.02. The van der Waals surface area contributed by atoms with Crippen molar-refractivity contribution in [1.82, 2.24) is 0 Å². The van der Waals surface area contributed by atoms with Crippen LogP contribution in [0.3, 0.4) is 0 Å². The lowest BCUT2D eigenvalue weighted by molar-refractivity contribution is 0.0836. The van der Waals surface area contributed by atoms with E-state index in [1.807, 2.05) is 30.3 Å². The van der Waals surface area contributed by atoms with Gasteiger partial charge in [0.25, 0.3) is 0 Å². The average molecular weight is 351 g/mol. The Morgan fingerprint density at radius 2 is 1.65 bits per heavy atom. The second-order valence-corrected chi connectivity index (χ2v) is 6.42. The van der Waals surface area contributed by atoms with E-state index in [0.717, 1.165) is 0 Å². The highest BCUT2D eigenvalue weighted by molar-refractivity contribution is 6.25. The molecule has 26 heavy (non-hydrogen) atoms.